The molecule has 1 nitrogen and oxygen atoms in total. The summed E-state index contributed by atoms with van der Waals surface area (Å²) in [7, 11) is 0. The zero-order valence-corrected chi connectivity index (χ0v) is 13.1. The first-order valence-corrected chi connectivity index (χ1v) is 8.51. The van der Waals surface area contributed by atoms with Crippen LogP contribution in [0.25, 0.3) is 0 Å². The van der Waals surface area contributed by atoms with Gasteiger partial charge < -0.3 is 5.32 Å². The zero-order chi connectivity index (χ0) is 14.0. The molecule has 3 atom stereocenters. The molecule has 0 aliphatic heterocycles. The molecule has 3 rings (SSSR count). The molecule has 1 saturated carbocycles. The molecule has 1 aromatic carbocycles. The predicted molar refractivity (Wildman–Crippen MR) is 86.2 cm³/mol. The summed E-state index contributed by atoms with van der Waals surface area (Å²) >= 11 is 0. The molecule has 1 aromatic rings. The van der Waals surface area contributed by atoms with Gasteiger partial charge in [-0.15, -0.1) is 0 Å². The van der Waals surface area contributed by atoms with E-state index in [0.29, 0.717) is 5.41 Å². The number of fused-ring (bicyclic) bond motifs is 1. The summed E-state index contributed by atoms with van der Waals surface area (Å²) in [5.74, 6) is 0.810. The van der Waals surface area contributed by atoms with Crippen molar-refractivity contribution >= 4 is 0 Å². The summed E-state index contributed by atoms with van der Waals surface area (Å²) in [6.45, 7) is 5.88. The van der Waals surface area contributed by atoms with Crippen molar-refractivity contribution in [2.45, 2.75) is 70.8 Å². The topological polar surface area (TPSA) is 12.0 Å². The lowest BCUT2D eigenvalue weighted by Gasteiger charge is -2.33. The Hall–Kier alpha value is -0.820. The number of hydrogen-bond acceptors (Lipinski definition) is 1. The van der Waals surface area contributed by atoms with E-state index in [1.54, 1.807) is 11.1 Å². The van der Waals surface area contributed by atoms with Crippen LogP contribution in [0.15, 0.2) is 24.3 Å². The molecule has 0 radical (unpaired) electrons. The second-order valence-electron chi connectivity index (χ2n) is 7.30. The van der Waals surface area contributed by atoms with Gasteiger partial charge in [0.25, 0.3) is 0 Å². The van der Waals surface area contributed by atoms with Crippen molar-refractivity contribution in [1.82, 2.24) is 5.32 Å². The Kier molecular flexibility index (Phi) is 4.16. The van der Waals surface area contributed by atoms with E-state index >= 15 is 0 Å². The van der Waals surface area contributed by atoms with Gasteiger partial charge in [-0.2, -0.15) is 0 Å². The van der Waals surface area contributed by atoms with Crippen molar-refractivity contribution in [1.29, 1.82) is 0 Å². The quantitative estimate of drug-likeness (QED) is 0.839. The lowest BCUT2D eigenvalue weighted by Crippen LogP contribution is -2.28. The Morgan fingerprint density at radius 3 is 2.95 bits per heavy atom. The summed E-state index contributed by atoms with van der Waals surface area (Å²) in [4.78, 5) is 0. The van der Waals surface area contributed by atoms with Crippen LogP contribution in [0.4, 0.5) is 0 Å². The highest BCUT2D eigenvalue weighted by atomic mass is 14.9. The maximum atomic E-state index is 3.66. The fourth-order valence-corrected chi connectivity index (χ4v) is 4.63. The first-order chi connectivity index (χ1) is 9.70. The average molecular weight is 271 g/mol. The van der Waals surface area contributed by atoms with Crippen molar-refractivity contribution in [3.05, 3.63) is 35.4 Å². The summed E-state index contributed by atoms with van der Waals surface area (Å²) in [6, 6.07) is 9.94. The van der Waals surface area contributed by atoms with Gasteiger partial charge in [-0.25, -0.2) is 0 Å². The summed E-state index contributed by atoms with van der Waals surface area (Å²) in [6.07, 6.45) is 9.63. The van der Waals surface area contributed by atoms with Crippen LogP contribution in [0.3, 0.4) is 0 Å². The minimum atomic E-state index is 0.557. The largest absolute Gasteiger partial charge is 0.314 e. The number of nitrogens with one attached hydrogen (secondary N) is 1. The first kappa shape index (κ1) is 14.1. The second-order valence-corrected chi connectivity index (χ2v) is 7.30. The van der Waals surface area contributed by atoms with Crippen LogP contribution in [0, 0.1) is 5.41 Å². The molecule has 0 saturated heterocycles. The Bertz CT molecular complexity index is 453. The van der Waals surface area contributed by atoms with Crippen LogP contribution in [0.1, 0.15) is 69.4 Å². The van der Waals surface area contributed by atoms with Crippen LogP contribution in [-0.4, -0.2) is 12.6 Å². The van der Waals surface area contributed by atoms with Gasteiger partial charge >= 0.3 is 0 Å². The molecule has 20 heavy (non-hydrogen) atoms. The van der Waals surface area contributed by atoms with E-state index in [-0.39, 0.29) is 0 Å². The summed E-state index contributed by atoms with van der Waals surface area (Å²) < 4.78 is 0. The maximum Gasteiger partial charge on any atom is 0.00723 e. The van der Waals surface area contributed by atoms with E-state index in [0.717, 1.165) is 18.5 Å². The fourth-order valence-electron chi connectivity index (χ4n) is 4.63. The van der Waals surface area contributed by atoms with Crippen molar-refractivity contribution < 1.29 is 0 Å². The van der Waals surface area contributed by atoms with E-state index in [9.17, 15) is 0 Å². The maximum absolute atomic E-state index is 3.66. The molecule has 0 spiro atoms. The van der Waals surface area contributed by atoms with Crippen LogP contribution < -0.4 is 5.32 Å². The number of hydrogen-bond donors (Lipinski definition) is 1. The predicted octanol–water partition coefficient (Wildman–Crippen LogP) is 4.66. The lowest BCUT2D eigenvalue weighted by atomic mass is 9.72. The van der Waals surface area contributed by atoms with Gasteiger partial charge in [-0.05, 0) is 74.0 Å². The van der Waals surface area contributed by atoms with Crippen molar-refractivity contribution in [2.75, 3.05) is 6.54 Å². The number of aryl methyl sites for hydroxylation is 1. The fraction of sp³-hybridized carbons (Fsp3) is 0.684. The monoisotopic (exact) mass is 271 g/mol. The van der Waals surface area contributed by atoms with Crippen LogP contribution >= 0.6 is 0 Å². The highest BCUT2D eigenvalue weighted by Crippen LogP contribution is 2.47. The zero-order valence-electron chi connectivity index (χ0n) is 13.1. The molecule has 0 amide bonds. The minimum absolute atomic E-state index is 0.557. The third-order valence-electron chi connectivity index (χ3n) is 5.56. The second kappa shape index (κ2) is 5.89. The number of benzene rings is 1. The molecule has 0 heterocycles. The average Bonchev–Trinajstić information content (AvgIpc) is 2.81. The van der Waals surface area contributed by atoms with Gasteiger partial charge in [0.05, 0.1) is 0 Å². The normalized spacial score (nSPS) is 33.1. The molecular weight excluding hydrogens is 242 g/mol. The molecule has 2 aliphatic rings. The Labute approximate surface area is 124 Å². The van der Waals surface area contributed by atoms with Gasteiger partial charge in [0, 0.05) is 6.04 Å². The first-order valence-electron chi connectivity index (χ1n) is 8.51. The summed E-state index contributed by atoms with van der Waals surface area (Å²) in [5.41, 5.74) is 3.84. The Morgan fingerprint density at radius 1 is 1.25 bits per heavy atom. The van der Waals surface area contributed by atoms with E-state index in [2.05, 4.69) is 43.4 Å². The van der Waals surface area contributed by atoms with Gasteiger partial charge in [-0.3, -0.25) is 0 Å². The minimum Gasteiger partial charge on any atom is -0.314 e. The lowest BCUT2D eigenvalue weighted by molar-refractivity contribution is 0.261. The summed E-state index contributed by atoms with van der Waals surface area (Å²) in [5, 5.41) is 3.66. The van der Waals surface area contributed by atoms with Crippen molar-refractivity contribution in [3.8, 4) is 0 Å². The SMILES string of the molecule is CCNC1CCC(C)(CC2CCCc3ccccc32)C1. The third kappa shape index (κ3) is 2.93. The van der Waals surface area contributed by atoms with Crippen molar-refractivity contribution in [2.24, 2.45) is 5.41 Å². The van der Waals surface area contributed by atoms with Gasteiger partial charge in [-0.1, -0.05) is 38.1 Å². The molecular formula is C19H29N. The molecule has 3 unspecified atom stereocenters. The smallest absolute Gasteiger partial charge is 0.00723 e. The highest BCUT2D eigenvalue weighted by Gasteiger charge is 2.37. The van der Waals surface area contributed by atoms with Crippen LogP contribution in [0.5, 0.6) is 0 Å². The Balaban J connectivity index is 1.70. The standard InChI is InChI=1S/C19H29N/c1-3-20-17-11-12-19(2,14-17)13-16-9-6-8-15-7-4-5-10-18(15)16/h4-5,7,10,16-17,20H,3,6,8-9,11-14H2,1-2H3. The molecule has 0 bridgehead atoms. The van der Waals surface area contributed by atoms with Crippen LogP contribution in [-0.2, 0) is 6.42 Å². The molecule has 1 heteroatoms. The van der Waals surface area contributed by atoms with Gasteiger partial charge in [0.2, 0.25) is 0 Å². The van der Waals surface area contributed by atoms with E-state index in [4.69, 9.17) is 0 Å². The molecule has 1 fully saturated rings. The van der Waals surface area contributed by atoms with E-state index < -0.39 is 0 Å². The molecule has 1 N–H and O–H groups in total. The van der Waals surface area contributed by atoms with E-state index in [1.165, 1.54) is 44.9 Å². The van der Waals surface area contributed by atoms with Crippen molar-refractivity contribution in [3.63, 3.8) is 0 Å². The third-order valence-corrected chi connectivity index (χ3v) is 5.56. The molecule has 2 aliphatic carbocycles. The molecule has 0 aromatic heterocycles. The van der Waals surface area contributed by atoms with E-state index in [1.807, 2.05) is 0 Å². The molecule has 110 valence electrons. The Morgan fingerprint density at radius 2 is 2.10 bits per heavy atom. The van der Waals surface area contributed by atoms with Gasteiger partial charge in [0.1, 0.15) is 0 Å². The van der Waals surface area contributed by atoms with Crippen LogP contribution in [0.2, 0.25) is 0 Å². The number of rotatable bonds is 4. The highest BCUT2D eigenvalue weighted by molar-refractivity contribution is 5.32. The van der Waals surface area contributed by atoms with Gasteiger partial charge in [0.15, 0.2) is 0 Å².